The van der Waals surface area contributed by atoms with Crippen molar-refractivity contribution in [2.75, 3.05) is 6.61 Å². The molecule has 0 amide bonds. The smallest absolute Gasteiger partial charge is 0.200 e. The summed E-state index contributed by atoms with van der Waals surface area (Å²) in [6.45, 7) is 0.0482. The molecule has 2 rings (SSSR count). The minimum absolute atomic E-state index is 0.0482. The SMILES string of the molecule is NOCC1=CS(=O)(=O)c2ccc(Cl)cc21. The highest BCUT2D eigenvalue weighted by Crippen LogP contribution is 2.34. The second-order valence-corrected chi connectivity index (χ2v) is 5.34. The highest BCUT2D eigenvalue weighted by atomic mass is 35.5. The average molecular weight is 246 g/mol. The first-order valence-electron chi connectivity index (χ1n) is 4.12. The van der Waals surface area contributed by atoms with Crippen LogP contribution in [0.2, 0.25) is 5.02 Å². The Morgan fingerprint density at radius 2 is 2.13 bits per heavy atom. The van der Waals surface area contributed by atoms with Crippen LogP contribution in [-0.2, 0) is 14.7 Å². The molecule has 1 aliphatic heterocycles. The van der Waals surface area contributed by atoms with E-state index in [0.717, 1.165) is 5.41 Å². The van der Waals surface area contributed by atoms with Gasteiger partial charge in [0.1, 0.15) is 0 Å². The zero-order chi connectivity index (χ0) is 11.1. The van der Waals surface area contributed by atoms with Gasteiger partial charge in [-0.2, -0.15) is 0 Å². The highest BCUT2D eigenvalue weighted by Gasteiger charge is 2.26. The Morgan fingerprint density at radius 3 is 2.80 bits per heavy atom. The largest absolute Gasteiger partial charge is 0.300 e. The lowest BCUT2D eigenvalue weighted by atomic mass is 10.1. The molecule has 0 bridgehead atoms. The average Bonchev–Trinajstić information content (AvgIpc) is 2.39. The van der Waals surface area contributed by atoms with Gasteiger partial charge >= 0.3 is 0 Å². The zero-order valence-corrected chi connectivity index (χ0v) is 9.18. The van der Waals surface area contributed by atoms with Crippen molar-refractivity contribution in [2.45, 2.75) is 4.90 Å². The quantitative estimate of drug-likeness (QED) is 0.799. The molecule has 80 valence electrons. The molecule has 1 aliphatic rings. The van der Waals surface area contributed by atoms with Crippen LogP contribution in [0.1, 0.15) is 5.56 Å². The van der Waals surface area contributed by atoms with E-state index < -0.39 is 9.84 Å². The van der Waals surface area contributed by atoms with Gasteiger partial charge in [0, 0.05) is 21.6 Å². The number of hydrogen-bond acceptors (Lipinski definition) is 4. The van der Waals surface area contributed by atoms with Gasteiger partial charge in [0.2, 0.25) is 9.84 Å². The van der Waals surface area contributed by atoms with Crippen LogP contribution in [0.4, 0.5) is 0 Å². The van der Waals surface area contributed by atoms with Crippen LogP contribution >= 0.6 is 11.6 Å². The molecule has 0 atom stereocenters. The first-order chi connectivity index (χ1) is 7.04. The number of halogens is 1. The standard InChI is InChI=1S/C9H8ClNO3S/c10-7-1-2-9-8(3-7)6(4-14-11)5-15(9,12)13/h1-3,5H,4,11H2. The molecule has 0 saturated heterocycles. The van der Waals surface area contributed by atoms with Crippen LogP contribution in [0.3, 0.4) is 0 Å². The summed E-state index contributed by atoms with van der Waals surface area (Å²) in [5.41, 5.74) is 1.09. The number of rotatable bonds is 2. The van der Waals surface area contributed by atoms with Gasteiger partial charge in [-0.05, 0) is 18.2 Å². The molecule has 6 heteroatoms. The van der Waals surface area contributed by atoms with E-state index in [2.05, 4.69) is 4.84 Å². The molecule has 15 heavy (non-hydrogen) atoms. The fourth-order valence-electron chi connectivity index (χ4n) is 1.52. The van der Waals surface area contributed by atoms with Crippen molar-refractivity contribution in [3.05, 3.63) is 34.2 Å². The van der Waals surface area contributed by atoms with Crippen molar-refractivity contribution in [1.82, 2.24) is 0 Å². The first kappa shape index (κ1) is 10.6. The van der Waals surface area contributed by atoms with Crippen LogP contribution < -0.4 is 5.90 Å². The monoisotopic (exact) mass is 245 g/mol. The summed E-state index contributed by atoms with van der Waals surface area (Å²) in [5.74, 6) is 4.92. The molecule has 1 heterocycles. The maximum Gasteiger partial charge on any atom is 0.200 e. The van der Waals surface area contributed by atoms with Gasteiger partial charge in [-0.15, -0.1) is 0 Å². The Kier molecular flexibility index (Phi) is 2.56. The topological polar surface area (TPSA) is 69.4 Å². The molecule has 0 saturated carbocycles. The Labute approximate surface area is 92.2 Å². The highest BCUT2D eigenvalue weighted by molar-refractivity contribution is 7.95. The molecule has 0 fully saturated rings. The number of fused-ring (bicyclic) bond motifs is 1. The molecule has 0 unspecified atom stereocenters. The molecule has 1 aromatic rings. The van der Waals surface area contributed by atoms with Crippen molar-refractivity contribution in [3.8, 4) is 0 Å². The number of benzene rings is 1. The predicted molar refractivity (Wildman–Crippen MR) is 56.8 cm³/mol. The van der Waals surface area contributed by atoms with E-state index in [9.17, 15) is 8.42 Å². The summed E-state index contributed by atoms with van der Waals surface area (Å²) in [5, 5.41) is 1.63. The van der Waals surface area contributed by atoms with E-state index >= 15 is 0 Å². The number of nitrogens with two attached hydrogens (primary N) is 1. The fraction of sp³-hybridized carbons (Fsp3) is 0.111. The molecule has 0 aromatic heterocycles. The van der Waals surface area contributed by atoms with Crippen LogP contribution in [0, 0.1) is 0 Å². The van der Waals surface area contributed by atoms with E-state index in [4.69, 9.17) is 17.5 Å². The van der Waals surface area contributed by atoms with E-state index in [-0.39, 0.29) is 11.5 Å². The first-order valence-corrected chi connectivity index (χ1v) is 6.04. The van der Waals surface area contributed by atoms with Crippen molar-refractivity contribution in [2.24, 2.45) is 5.90 Å². The van der Waals surface area contributed by atoms with Gasteiger partial charge in [0.25, 0.3) is 0 Å². The molecule has 0 radical (unpaired) electrons. The minimum atomic E-state index is -3.35. The lowest BCUT2D eigenvalue weighted by Gasteiger charge is -2.02. The zero-order valence-electron chi connectivity index (χ0n) is 7.60. The molecule has 0 spiro atoms. The summed E-state index contributed by atoms with van der Waals surface area (Å²) in [7, 11) is -3.35. The van der Waals surface area contributed by atoms with Crippen LogP contribution in [0.25, 0.3) is 5.57 Å². The normalized spacial score (nSPS) is 17.3. The van der Waals surface area contributed by atoms with Crippen molar-refractivity contribution >= 4 is 27.0 Å². The molecule has 2 N–H and O–H groups in total. The second kappa shape index (κ2) is 3.61. The lowest BCUT2D eigenvalue weighted by Crippen LogP contribution is -2.02. The third kappa shape index (κ3) is 1.79. The maximum atomic E-state index is 11.6. The summed E-state index contributed by atoms with van der Waals surface area (Å²) in [6.07, 6.45) is 0. The predicted octanol–water partition coefficient (Wildman–Crippen LogP) is 1.36. The Balaban J connectivity index is 2.63. The van der Waals surface area contributed by atoms with Crippen molar-refractivity contribution in [1.29, 1.82) is 0 Å². The van der Waals surface area contributed by atoms with Crippen LogP contribution in [0.5, 0.6) is 0 Å². The van der Waals surface area contributed by atoms with E-state index in [1.165, 1.54) is 12.1 Å². The summed E-state index contributed by atoms with van der Waals surface area (Å²) < 4.78 is 23.3. The van der Waals surface area contributed by atoms with E-state index in [1.54, 1.807) is 6.07 Å². The summed E-state index contributed by atoms with van der Waals surface area (Å²) in [4.78, 5) is 4.69. The summed E-state index contributed by atoms with van der Waals surface area (Å²) in [6, 6.07) is 4.61. The Morgan fingerprint density at radius 1 is 1.40 bits per heavy atom. The molecular formula is C9H8ClNO3S. The molecular weight excluding hydrogens is 238 g/mol. The van der Waals surface area contributed by atoms with E-state index in [0.29, 0.717) is 16.2 Å². The molecule has 4 nitrogen and oxygen atoms in total. The fourth-order valence-corrected chi connectivity index (χ4v) is 3.14. The van der Waals surface area contributed by atoms with E-state index in [1.807, 2.05) is 0 Å². The Hall–Kier alpha value is -0.880. The second-order valence-electron chi connectivity index (χ2n) is 3.14. The lowest BCUT2D eigenvalue weighted by molar-refractivity contribution is 0.173. The van der Waals surface area contributed by atoms with Gasteiger partial charge < -0.3 is 0 Å². The third-order valence-electron chi connectivity index (χ3n) is 2.13. The van der Waals surface area contributed by atoms with Gasteiger partial charge in [0.15, 0.2) is 0 Å². The minimum Gasteiger partial charge on any atom is -0.300 e. The third-order valence-corrected chi connectivity index (χ3v) is 3.93. The van der Waals surface area contributed by atoms with Gasteiger partial charge in [-0.3, -0.25) is 4.84 Å². The number of sulfone groups is 1. The number of hydrogen-bond donors (Lipinski definition) is 1. The van der Waals surface area contributed by atoms with Crippen LogP contribution in [-0.4, -0.2) is 15.0 Å². The van der Waals surface area contributed by atoms with Crippen molar-refractivity contribution < 1.29 is 13.3 Å². The van der Waals surface area contributed by atoms with Crippen LogP contribution in [0.15, 0.2) is 28.5 Å². The molecule has 0 aliphatic carbocycles. The Bertz CT molecular complexity index is 536. The maximum absolute atomic E-state index is 11.6. The summed E-state index contributed by atoms with van der Waals surface area (Å²) >= 11 is 5.79. The molecule has 1 aromatic carbocycles. The van der Waals surface area contributed by atoms with Gasteiger partial charge in [0.05, 0.1) is 11.5 Å². The van der Waals surface area contributed by atoms with Crippen molar-refractivity contribution in [3.63, 3.8) is 0 Å². The van der Waals surface area contributed by atoms with Gasteiger partial charge in [-0.25, -0.2) is 14.3 Å². The van der Waals surface area contributed by atoms with Gasteiger partial charge in [-0.1, -0.05) is 11.6 Å².